The first-order chi connectivity index (χ1) is 5.59. The summed E-state index contributed by atoms with van der Waals surface area (Å²) in [6, 6.07) is 0. The number of hydrogen-bond acceptors (Lipinski definition) is 3. The molecule has 12 heavy (non-hydrogen) atoms. The van der Waals surface area contributed by atoms with Gasteiger partial charge in [-0.1, -0.05) is 13.8 Å². The number of hydrogen-bond donors (Lipinski definition) is 1. The van der Waals surface area contributed by atoms with Crippen LogP contribution in [0.3, 0.4) is 0 Å². The minimum absolute atomic E-state index is 0.174. The molecular formula is C7H11N3O2. The molecule has 1 rings (SSSR count). The van der Waals surface area contributed by atoms with E-state index < -0.39 is 5.97 Å². The lowest BCUT2D eigenvalue weighted by atomic mass is 10.2. The lowest BCUT2D eigenvalue weighted by Gasteiger charge is -1.96. The van der Waals surface area contributed by atoms with Crippen molar-refractivity contribution in [2.24, 2.45) is 0 Å². The number of aliphatic carboxylic acids is 1. The summed E-state index contributed by atoms with van der Waals surface area (Å²) in [7, 11) is 0. The number of rotatable bonds is 3. The maximum atomic E-state index is 10.2. The van der Waals surface area contributed by atoms with Crippen LogP contribution in [0.1, 0.15) is 25.5 Å². The number of carboxylic acids is 1. The van der Waals surface area contributed by atoms with Gasteiger partial charge in [0.25, 0.3) is 0 Å². The van der Waals surface area contributed by atoms with E-state index >= 15 is 0 Å². The molecule has 1 aromatic rings. The fourth-order valence-electron chi connectivity index (χ4n) is 0.772. The van der Waals surface area contributed by atoms with Gasteiger partial charge in [0.2, 0.25) is 0 Å². The molecule has 0 radical (unpaired) electrons. The second kappa shape index (κ2) is 3.34. The van der Waals surface area contributed by atoms with Crippen LogP contribution in [0.2, 0.25) is 0 Å². The third kappa shape index (κ3) is 2.05. The van der Waals surface area contributed by atoms with Gasteiger partial charge in [-0.3, -0.25) is 4.79 Å². The predicted octanol–water partition coefficient (Wildman–Crippen LogP) is 0.486. The molecule has 1 N–H and O–H groups in total. The smallest absolute Gasteiger partial charge is 0.327 e. The Labute approximate surface area is 70.0 Å². The van der Waals surface area contributed by atoms with E-state index in [2.05, 4.69) is 10.2 Å². The number of nitrogens with zero attached hydrogens (tertiary/aromatic N) is 3. The summed E-state index contributed by atoms with van der Waals surface area (Å²) in [6.07, 6.45) is 1.59. The number of carboxylic acid groups (broad SMARTS) is 1. The van der Waals surface area contributed by atoms with Crippen LogP contribution in [-0.2, 0) is 11.3 Å². The van der Waals surface area contributed by atoms with E-state index in [0.717, 1.165) is 5.69 Å². The second-order valence-corrected chi connectivity index (χ2v) is 2.85. The highest BCUT2D eigenvalue weighted by molar-refractivity contribution is 5.66. The minimum atomic E-state index is -0.930. The molecule has 0 spiro atoms. The van der Waals surface area contributed by atoms with Crippen molar-refractivity contribution in [2.45, 2.75) is 26.3 Å². The average molecular weight is 169 g/mol. The first-order valence-corrected chi connectivity index (χ1v) is 3.71. The molecule has 0 bridgehead atoms. The Bertz CT molecular complexity index is 280. The van der Waals surface area contributed by atoms with Crippen LogP contribution in [0.5, 0.6) is 0 Å². The van der Waals surface area contributed by atoms with E-state index in [9.17, 15) is 4.79 Å². The Morgan fingerprint density at radius 3 is 2.83 bits per heavy atom. The molecule has 0 aromatic carbocycles. The summed E-state index contributed by atoms with van der Waals surface area (Å²) in [5.74, 6) is -0.645. The molecule has 1 aromatic heterocycles. The molecule has 0 atom stereocenters. The molecular weight excluding hydrogens is 158 g/mol. The maximum Gasteiger partial charge on any atom is 0.327 e. The molecule has 0 unspecified atom stereocenters. The van der Waals surface area contributed by atoms with Gasteiger partial charge in [0.15, 0.2) is 6.54 Å². The summed E-state index contributed by atoms with van der Waals surface area (Å²) >= 11 is 0. The van der Waals surface area contributed by atoms with Crippen LogP contribution in [0.25, 0.3) is 0 Å². The third-order valence-corrected chi connectivity index (χ3v) is 1.42. The minimum Gasteiger partial charge on any atom is -0.480 e. The molecule has 5 nitrogen and oxygen atoms in total. The Morgan fingerprint density at radius 2 is 2.42 bits per heavy atom. The Morgan fingerprint density at radius 1 is 1.75 bits per heavy atom. The van der Waals surface area contributed by atoms with Crippen LogP contribution in [0.15, 0.2) is 6.20 Å². The normalized spacial score (nSPS) is 10.6. The summed E-state index contributed by atoms with van der Waals surface area (Å²) in [5.41, 5.74) is 0.816. The number of carbonyl (C=O) groups is 1. The molecule has 0 saturated heterocycles. The van der Waals surface area contributed by atoms with Crippen molar-refractivity contribution in [3.63, 3.8) is 0 Å². The Hall–Kier alpha value is -1.39. The first-order valence-electron chi connectivity index (χ1n) is 3.71. The average Bonchev–Trinajstić information content (AvgIpc) is 2.34. The van der Waals surface area contributed by atoms with Crippen LogP contribution >= 0.6 is 0 Å². The molecule has 0 aliphatic heterocycles. The third-order valence-electron chi connectivity index (χ3n) is 1.42. The van der Waals surface area contributed by atoms with Crippen LogP contribution < -0.4 is 0 Å². The molecule has 5 heteroatoms. The molecule has 0 aliphatic carbocycles. The predicted molar refractivity (Wildman–Crippen MR) is 41.7 cm³/mol. The van der Waals surface area contributed by atoms with Crippen molar-refractivity contribution in [2.75, 3.05) is 0 Å². The Balaban J connectivity index is 2.70. The van der Waals surface area contributed by atoms with Crippen LogP contribution in [0.4, 0.5) is 0 Å². The van der Waals surface area contributed by atoms with Crippen molar-refractivity contribution >= 4 is 5.97 Å². The van der Waals surface area contributed by atoms with E-state index in [1.54, 1.807) is 6.20 Å². The first kappa shape index (κ1) is 8.70. The van der Waals surface area contributed by atoms with Crippen molar-refractivity contribution in [3.8, 4) is 0 Å². The molecule has 0 saturated carbocycles. The van der Waals surface area contributed by atoms with Crippen LogP contribution in [0, 0.1) is 0 Å². The molecule has 0 aliphatic rings. The fourth-order valence-corrected chi connectivity index (χ4v) is 0.772. The highest BCUT2D eigenvalue weighted by Gasteiger charge is 2.06. The van der Waals surface area contributed by atoms with E-state index in [1.807, 2.05) is 13.8 Å². The molecule has 0 amide bonds. The van der Waals surface area contributed by atoms with E-state index in [-0.39, 0.29) is 12.5 Å². The fraction of sp³-hybridized carbons (Fsp3) is 0.571. The zero-order valence-corrected chi connectivity index (χ0v) is 7.06. The van der Waals surface area contributed by atoms with Gasteiger partial charge in [-0.05, 0) is 5.92 Å². The van der Waals surface area contributed by atoms with Gasteiger partial charge in [-0.15, -0.1) is 0 Å². The standard InChI is InChI=1S/C7H11N3O2/c1-5(2)6-3-8-10(9-6)4-7(11)12/h3,5H,4H2,1-2H3,(H,11,12). The molecule has 66 valence electrons. The van der Waals surface area contributed by atoms with E-state index in [0.29, 0.717) is 0 Å². The van der Waals surface area contributed by atoms with Gasteiger partial charge in [-0.2, -0.15) is 15.0 Å². The summed E-state index contributed by atoms with van der Waals surface area (Å²) in [5, 5.41) is 16.2. The number of aromatic nitrogens is 3. The highest BCUT2D eigenvalue weighted by Crippen LogP contribution is 2.08. The van der Waals surface area contributed by atoms with Gasteiger partial charge >= 0.3 is 5.97 Å². The molecule has 1 heterocycles. The maximum absolute atomic E-state index is 10.2. The summed E-state index contributed by atoms with van der Waals surface area (Å²) in [4.78, 5) is 11.4. The highest BCUT2D eigenvalue weighted by atomic mass is 16.4. The van der Waals surface area contributed by atoms with Crippen molar-refractivity contribution in [1.82, 2.24) is 15.0 Å². The Kier molecular flexibility index (Phi) is 2.42. The van der Waals surface area contributed by atoms with Crippen molar-refractivity contribution < 1.29 is 9.90 Å². The van der Waals surface area contributed by atoms with Crippen molar-refractivity contribution in [3.05, 3.63) is 11.9 Å². The second-order valence-electron chi connectivity index (χ2n) is 2.85. The SMILES string of the molecule is CC(C)c1cnn(CC(=O)O)n1. The quantitative estimate of drug-likeness (QED) is 0.714. The zero-order valence-electron chi connectivity index (χ0n) is 7.06. The van der Waals surface area contributed by atoms with E-state index in [4.69, 9.17) is 5.11 Å². The van der Waals surface area contributed by atoms with Gasteiger partial charge in [0.1, 0.15) is 0 Å². The topological polar surface area (TPSA) is 68.0 Å². The van der Waals surface area contributed by atoms with Gasteiger partial charge in [0.05, 0.1) is 11.9 Å². The van der Waals surface area contributed by atoms with Crippen LogP contribution in [-0.4, -0.2) is 26.1 Å². The molecule has 0 fully saturated rings. The zero-order chi connectivity index (χ0) is 9.14. The summed E-state index contributed by atoms with van der Waals surface area (Å²) in [6.45, 7) is 3.79. The van der Waals surface area contributed by atoms with Gasteiger partial charge < -0.3 is 5.11 Å². The lowest BCUT2D eigenvalue weighted by molar-refractivity contribution is -0.138. The van der Waals surface area contributed by atoms with E-state index in [1.165, 1.54) is 4.80 Å². The lowest BCUT2D eigenvalue weighted by Crippen LogP contribution is -2.11. The van der Waals surface area contributed by atoms with Crippen molar-refractivity contribution in [1.29, 1.82) is 0 Å². The summed E-state index contributed by atoms with van der Waals surface area (Å²) < 4.78 is 0. The largest absolute Gasteiger partial charge is 0.480 e. The van der Waals surface area contributed by atoms with Gasteiger partial charge in [0, 0.05) is 0 Å². The van der Waals surface area contributed by atoms with Gasteiger partial charge in [-0.25, -0.2) is 0 Å². The monoisotopic (exact) mass is 169 g/mol.